The Morgan fingerprint density at radius 1 is 1.27 bits per heavy atom. The Morgan fingerprint density at radius 2 is 2.10 bits per heavy atom. The van der Waals surface area contributed by atoms with Crippen LogP contribution < -0.4 is 10.6 Å². The van der Waals surface area contributed by atoms with E-state index in [-0.39, 0.29) is 5.82 Å². The Kier molecular flexibility index (Phi) is 5.39. The molecule has 1 aliphatic heterocycles. The first-order valence-corrected chi connectivity index (χ1v) is 10.0. The molecule has 30 heavy (non-hydrogen) atoms. The van der Waals surface area contributed by atoms with Gasteiger partial charge in [0, 0.05) is 43.4 Å². The summed E-state index contributed by atoms with van der Waals surface area (Å²) < 4.78 is 27.2. The van der Waals surface area contributed by atoms with Crippen molar-refractivity contribution in [1.82, 2.24) is 24.8 Å². The number of rotatable bonds is 6. The molecule has 0 bridgehead atoms. The first-order valence-electron chi connectivity index (χ1n) is 9.19. The molecule has 0 fully saturated rings. The predicted molar refractivity (Wildman–Crippen MR) is 110 cm³/mol. The van der Waals surface area contributed by atoms with Gasteiger partial charge in [-0.05, 0) is 19.5 Å². The number of nitrogens with zero attached hydrogens (tertiary/aromatic N) is 5. The Morgan fingerprint density at radius 3 is 2.87 bits per heavy atom. The van der Waals surface area contributed by atoms with Crippen LogP contribution in [0.25, 0.3) is 10.6 Å². The van der Waals surface area contributed by atoms with Gasteiger partial charge in [-0.2, -0.15) is 8.78 Å². The van der Waals surface area contributed by atoms with Crippen LogP contribution in [-0.2, 0) is 23.7 Å². The monoisotopic (exact) mass is 431 g/mol. The number of aromatic nitrogens is 4. The fourth-order valence-electron chi connectivity index (χ4n) is 3.09. The van der Waals surface area contributed by atoms with Gasteiger partial charge in [0.2, 0.25) is 12.2 Å². The zero-order valence-electron chi connectivity index (χ0n) is 16.3. The molecule has 4 rings (SSSR count). The minimum absolute atomic E-state index is 0.201. The van der Waals surface area contributed by atoms with E-state index >= 15 is 0 Å². The molecule has 0 unspecified atom stereocenters. The predicted octanol–water partition coefficient (Wildman–Crippen LogP) is 3.41. The van der Waals surface area contributed by atoms with Gasteiger partial charge in [-0.15, -0.1) is 11.3 Å². The molecule has 0 spiro atoms. The van der Waals surface area contributed by atoms with Gasteiger partial charge in [-0.3, -0.25) is 4.79 Å². The minimum Gasteiger partial charge on any atom is -0.339 e. The van der Waals surface area contributed by atoms with Gasteiger partial charge in [0.05, 0.1) is 16.9 Å². The van der Waals surface area contributed by atoms with Crippen LogP contribution >= 0.6 is 11.3 Å². The fraction of sp³-hybridized carbons (Fsp3) is 0.316. The second-order valence-corrected chi connectivity index (χ2v) is 8.12. The third kappa shape index (κ3) is 4.26. The average molecular weight is 431 g/mol. The summed E-state index contributed by atoms with van der Waals surface area (Å²) in [6.45, 7) is 2.48. The summed E-state index contributed by atoms with van der Waals surface area (Å²) >= 11 is 1.58. The molecule has 2 N–H and O–H groups in total. The number of nitrogens with one attached hydrogen (secondary N) is 2. The highest BCUT2D eigenvalue weighted by atomic mass is 32.1. The topological polar surface area (TPSA) is 95.9 Å². The van der Waals surface area contributed by atoms with Crippen molar-refractivity contribution in [2.45, 2.75) is 25.8 Å². The summed E-state index contributed by atoms with van der Waals surface area (Å²) in [4.78, 5) is 30.8. The molecule has 0 radical (unpaired) electrons. The van der Waals surface area contributed by atoms with Gasteiger partial charge in [-0.1, -0.05) is 0 Å². The van der Waals surface area contributed by atoms with Gasteiger partial charge in [0.1, 0.15) is 16.6 Å². The maximum Gasteiger partial charge on any atom is 0.303 e. The summed E-state index contributed by atoms with van der Waals surface area (Å²) in [5.74, 6) is -3.23. The minimum atomic E-state index is -3.16. The molecule has 156 valence electrons. The van der Waals surface area contributed by atoms with Gasteiger partial charge in [0.25, 0.3) is 0 Å². The first kappa shape index (κ1) is 20.2. The van der Waals surface area contributed by atoms with E-state index < -0.39 is 11.7 Å². The molecule has 0 aromatic carbocycles. The van der Waals surface area contributed by atoms with Gasteiger partial charge in [-0.25, -0.2) is 19.9 Å². The zero-order valence-corrected chi connectivity index (χ0v) is 17.1. The number of fused-ring (bicyclic) bond motifs is 1. The fourth-order valence-corrected chi connectivity index (χ4v) is 4.17. The molecule has 0 saturated carbocycles. The van der Waals surface area contributed by atoms with Crippen LogP contribution in [-0.4, -0.2) is 44.8 Å². The van der Waals surface area contributed by atoms with Gasteiger partial charge in [0.15, 0.2) is 0 Å². The van der Waals surface area contributed by atoms with Crippen molar-refractivity contribution in [2.24, 2.45) is 0 Å². The smallest absolute Gasteiger partial charge is 0.303 e. The van der Waals surface area contributed by atoms with E-state index in [0.717, 1.165) is 37.1 Å². The van der Waals surface area contributed by atoms with E-state index in [1.54, 1.807) is 23.6 Å². The van der Waals surface area contributed by atoms with Crippen molar-refractivity contribution in [3.8, 4) is 10.6 Å². The number of amides is 1. The van der Waals surface area contributed by atoms with Crippen molar-refractivity contribution in [3.05, 3.63) is 40.9 Å². The number of carbonyl (C=O) groups is 1. The Labute approximate surface area is 175 Å². The molecule has 3 aromatic rings. The van der Waals surface area contributed by atoms with Crippen LogP contribution in [0.5, 0.6) is 0 Å². The summed E-state index contributed by atoms with van der Waals surface area (Å²) in [5, 5.41) is 6.30. The first-order chi connectivity index (χ1) is 14.3. The van der Waals surface area contributed by atoms with Crippen molar-refractivity contribution in [1.29, 1.82) is 0 Å². The zero-order chi connectivity index (χ0) is 21.3. The van der Waals surface area contributed by atoms with Crippen molar-refractivity contribution in [3.63, 3.8) is 0 Å². The summed E-state index contributed by atoms with van der Waals surface area (Å²) in [5.41, 5.74) is 2.26. The second kappa shape index (κ2) is 8.00. The lowest BCUT2D eigenvalue weighted by Crippen LogP contribution is -2.25. The summed E-state index contributed by atoms with van der Waals surface area (Å²) in [6.07, 6.45) is 4.31. The Balaban J connectivity index is 1.73. The number of pyridine rings is 1. The highest BCUT2D eigenvalue weighted by Gasteiger charge is 2.28. The van der Waals surface area contributed by atoms with E-state index in [1.807, 2.05) is 7.05 Å². The summed E-state index contributed by atoms with van der Waals surface area (Å²) in [7, 11) is 2.05. The van der Waals surface area contributed by atoms with E-state index in [4.69, 9.17) is 4.98 Å². The van der Waals surface area contributed by atoms with Crippen LogP contribution in [0.15, 0.2) is 24.5 Å². The number of carbonyl (C=O) groups excluding carboxylic acids is 1. The van der Waals surface area contributed by atoms with Crippen LogP contribution in [0, 0.1) is 0 Å². The quantitative estimate of drug-likeness (QED) is 0.578. The lowest BCUT2D eigenvalue weighted by molar-refractivity contribution is -0.105. The third-order valence-electron chi connectivity index (χ3n) is 4.57. The number of thiazole rings is 1. The van der Waals surface area contributed by atoms with Crippen LogP contribution in [0.2, 0.25) is 0 Å². The molecule has 3 aromatic heterocycles. The molecular formula is C19H19F2N7OS. The SMILES string of the molecule is CN1CCc2sc(-c3cnc(NC=O)cc3Nc3ccnc(C(C)(F)F)n3)nc2C1. The van der Waals surface area contributed by atoms with Crippen LogP contribution in [0.3, 0.4) is 0 Å². The second-order valence-electron chi connectivity index (χ2n) is 7.03. The average Bonchev–Trinajstić information content (AvgIpc) is 3.11. The molecule has 0 saturated heterocycles. The molecule has 4 heterocycles. The normalized spacial score (nSPS) is 14.3. The molecule has 0 atom stereocenters. The molecule has 11 heteroatoms. The van der Waals surface area contributed by atoms with E-state index in [0.29, 0.717) is 23.5 Å². The van der Waals surface area contributed by atoms with Crippen LogP contribution in [0.1, 0.15) is 23.3 Å². The maximum atomic E-state index is 13.6. The number of halogens is 2. The number of anilines is 3. The molecule has 8 nitrogen and oxygen atoms in total. The largest absolute Gasteiger partial charge is 0.339 e. The third-order valence-corrected chi connectivity index (χ3v) is 5.76. The Hall–Kier alpha value is -3.05. The van der Waals surface area contributed by atoms with E-state index in [2.05, 4.69) is 30.5 Å². The maximum absolute atomic E-state index is 13.6. The number of hydrogen-bond donors (Lipinski definition) is 2. The van der Waals surface area contributed by atoms with E-state index in [9.17, 15) is 13.6 Å². The molecular weight excluding hydrogens is 412 g/mol. The van der Waals surface area contributed by atoms with Gasteiger partial charge < -0.3 is 15.5 Å². The van der Waals surface area contributed by atoms with Crippen LogP contribution in [0.4, 0.5) is 26.1 Å². The highest BCUT2D eigenvalue weighted by molar-refractivity contribution is 7.15. The van der Waals surface area contributed by atoms with Crippen molar-refractivity contribution < 1.29 is 13.6 Å². The number of hydrogen-bond acceptors (Lipinski definition) is 8. The van der Waals surface area contributed by atoms with Crippen molar-refractivity contribution >= 4 is 35.1 Å². The Bertz CT molecular complexity index is 1080. The molecule has 1 aliphatic rings. The summed E-state index contributed by atoms with van der Waals surface area (Å²) in [6, 6.07) is 3.11. The number of alkyl halides is 2. The molecule has 0 aliphatic carbocycles. The lowest BCUT2D eigenvalue weighted by atomic mass is 10.2. The van der Waals surface area contributed by atoms with Gasteiger partial charge >= 0.3 is 5.92 Å². The van der Waals surface area contributed by atoms with Crippen molar-refractivity contribution in [2.75, 3.05) is 24.2 Å². The highest BCUT2D eigenvalue weighted by Crippen LogP contribution is 2.37. The standard InChI is InChI=1S/C19H19F2N7OS/c1-19(20,21)18-22-5-3-15(27-18)25-12-7-16(24-10-29)23-8-11(12)17-26-13-9-28(2)6-4-14(13)30-17/h3,5,7-8,10H,4,6,9H2,1-2H3,(H2,22,23,24,25,27,29). The lowest BCUT2D eigenvalue weighted by Gasteiger charge is -2.20. The molecule has 1 amide bonds. The van der Waals surface area contributed by atoms with E-state index in [1.165, 1.54) is 17.1 Å². The number of likely N-dealkylation sites (N-methyl/N-ethyl adjacent to an activating group) is 1.